The first-order chi connectivity index (χ1) is 16.4. The molecule has 35 heavy (non-hydrogen) atoms. The Kier molecular flexibility index (Phi) is 9.41. The third kappa shape index (κ3) is 8.40. The maximum absolute atomic E-state index is 12.7. The first kappa shape index (κ1) is 27.8. The minimum Gasteiger partial charge on any atom is -0.445 e. The molecule has 1 N–H and O–H groups in total. The molecule has 0 aliphatic carbocycles. The summed E-state index contributed by atoms with van der Waals surface area (Å²) in [6, 6.07) is 0. The molecule has 0 saturated carbocycles. The molecule has 190 valence electrons. The van der Waals surface area contributed by atoms with Crippen molar-refractivity contribution in [2.24, 2.45) is 0 Å². The number of halogens is 1. The van der Waals surface area contributed by atoms with Crippen molar-refractivity contribution < 1.29 is 19.1 Å². The van der Waals surface area contributed by atoms with Gasteiger partial charge >= 0.3 is 12.2 Å². The van der Waals surface area contributed by atoms with E-state index in [1.807, 2.05) is 17.0 Å². The molecule has 0 saturated heterocycles. The lowest BCUT2D eigenvalue weighted by atomic mass is 10.0. The largest absolute Gasteiger partial charge is 0.445 e. The zero-order valence-corrected chi connectivity index (χ0v) is 21.6. The quantitative estimate of drug-likeness (QED) is 0.431. The predicted octanol–water partition coefficient (Wildman–Crippen LogP) is 5.40. The number of hydrogen-bond donors (Lipinski definition) is 1. The summed E-state index contributed by atoms with van der Waals surface area (Å²) < 4.78 is 12.6. The summed E-state index contributed by atoms with van der Waals surface area (Å²) in [5, 5.41) is 6.92. The molecule has 0 atom stereocenters. The van der Waals surface area contributed by atoms with Gasteiger partial charge in [0.25, 0.3) is 0 Å². The fourth-order valence-corrected chi connectivity index (χ4v) is 3.36. The van der Waals surface area contributed by atoms with Gasteiger partial charge in [-0.2, -0.15) is 10.1 Å². The van der Waals surface area contributed by atoms with Crippen LogP contribution in [0.25, 0.3) is 0 Å². The Morgan fingerprint density at radius 1 is 1.20 bits per heavy atom. The number of anilines is 2. The molecule has 11 heteroatoms. The number of aromatic nitrogens is 4. The molecule has 2 aromatic rings. The van der Waals surface area contributed by atoms with Crippen LogP contribution in [0.3, 0.4) is 0 Å². The first-order valence-corrected chi connectivity index (χ1v) is 11.5. The predicted molar refractivity (Wildman–Crippen MR) is 136 cm³/mol. The van der Waals surface area contributed by atoms with Crippen LogP contribution >= 0.6 is 11.6 Å². The van der Waals surface area contributed by atoms with E-state index in [0.29, 0.717) is 6.42 Å². The van der Waals surface area contributed by atoms with Crippen LogP contribution in [-0.4, -0.2) is 49.7 Å². The highest BCUT2D eigenvalue weighted by Gasteiger charge is 2.33. The third-order valence-corrected chi connectivity index (χ3v) is 4.84. The summed E-state index contributed by atoms with van der Waals surface area (Å²) in [6.07, 6.45) is 8.08. The monoisotopic (exact) mass is 504 g/mol. The van der Waals surface area contributed by atoms with Gasteiger partial charge < -0.3 is 9.47 Å². The Hall–Kier alpha value is -3.40. The van der Waals surface area contributed by atoms with E-state index in [2.05, 4.69) is 33.5 Å². The first-order valence-electron chi connectivity index (χ1n) is 11.1. The van der Waals surface area contributed by atoms with Crippen LogP contribution in [0.5, 0.6) is 0 Å². The van der Waals surface area contributed by atoms with Crippen LogP contribution in [0, 0.1) is 0 Å². The highest BCUT2D eigenvalue weighted by atomic mass is 35.5. The number of aryl methyl sites for hydroxylation is 1. The van der Waals surface area contributed by atoms with Crippen LogP contribution in [-0.2, 0) is 22.4 Å². The van der Waals surface area contributed by atoms with E-state index in [1.165, 1.54) is 17.2 Å². The number of hydrogen-bond acceptors (Lipinski definition) is 7. The average Bonchev–Trinajstić information content (AvgIpc) is 3.17. The number of nitrogens with zero attached hydrogens (tertiary/aromatic N) is 5. The molecule has 0 bridgehead atoms. The van der Waals surface area contributed by atoms with Crippen molar-refractivity contribution in [3.05, 3.63) is 54.5 Å². The zero-order chi connectivity index (χ0) is 26.2. The maximum Gasteiger partial charge on any atom is 0.416 e. The summed E-state index contributed by atoms with van der Waals surface area (Å²) in [4.78, 5) is 34.9. The maximum atomic E-state index is 12.7. The minimum absolute atomic E-state index is 0.0216. The second kappa shape index (κ2) is 11.8. The Morgan fingerprint density at radius 3 is 2.54 bits per heavy atom. The summed E-state index contributed by atoms with van der Waals surface area (Å²) in [6.45, 7) is 17.0. The molecule has 0 aromatic carbocycles. The van der Waals surface area contributed by atoms with Gasteiger partial charge in [0.05, 0.1) is 12.4 Å². The van der Waals surface area contributed by atoms with Crippen LogP contribution in [0.1, 0.15) is 46.6 Å². The van der Waals surface area contributed by atoms with Gasteiger partial charge in [0.15, 0.2) is 5.82 Å². The second-order valence-electron chi connectivity index (χ2n) is 9.38. The van der Waals surface area contributed by atoms with E-state index in [4.69, 9.17) is 21.1 Å². The molecular weight excluding hydrogens is 472 g/mol. The van der Waals surface area contributed by atoms with Crippen LogP contribution in [0.4, 0.5) is 21.4 Å². The molecule has 0 unspecified atom stereocenters. The summed E-state index contributed by atoms with van der Waals surface area (Å²) in [7, 11) is 0. The number of amides is 2. The van der Waals surface area contributed by atoms with E-state index in [9.17, 15) is 9.59 Å². The topological polar surface area (TPSA) is 111 Å². The number of ether oxygens (including phenoxy) is 2. The smallest absolute Gasteiger partial charge is 0.416 e. The SMILES string of the molecule is C=CCCn1cc(CC(C)(C)OC(=O)Nc2ncc(Cl)c(N(C(=O)OCC=C)C(C)(C)C)n2)cn1. The van der Waals surface area contributed by atoms with Crippen molar-refractivity contribution in [3.63, 3.8) is 0 Å². The standard InChI is InChI=1S/C24H33ClN6O4/c1-8-10-11-30-16-17(14-27-30)13-24(6,7)35-21(32)29-20-26-15-18(25)19(28-20)31(23(3,4)5)22(33)34-12-9-2/h8-9,14-16H,1-2,10-13H2,3-7H3,(H,26,28,29,32). The normalized spacial score (nSPS) is 11.5. The van der Waals surface area contributed by atoms with Crippen molar-refractivity contribution in [3.8, 4) is 0 Å². The van der Waals surface area contributed by atoms with E-state index < -0.39 is 23.3 Å². The van der Waals surface area contributed by atoms with Gasteiger partial charge in [0.2, 0.25) is 5.95 Å². The fourth-order valence-electron chi connectivity index (χ4n) is 3.19. The Labute approximate surface area is 211 Å². The molecule has 0 aliphatic heterocycles. The molecular formula is C24H33ClN6O4. The number of rotatable bonds is 10. The van der Waals surface area contributed by atoms with Crippen LogP contribution in [0.2, 0.25) is 5.02 Å². The fraction of sp³-hybridized carbons (Fsp3) is 0.458. The van der Waals surface area contributed by atoms with Crippen molar-refractivity contribution in [1.82, 2.24) is 19.7 Å². The van der Waals surface area contributed by atoms with E-state index in [-0.39, 0.29) is 23.4 Å². The molecule has 2 rings (SSSR count). The van der Waals surface area contributed by atoms with E-state index >= 15 is 0 Å². The minimum atomic E-state index is -0.836. The Balaban J connectivity index is 2.13. The molecule has 0 radical (unpaired) electrons. The van der Waals surface area contributed by atoms with Gasteiger partial charge in [-0.1, -0.05) is 30.3 Å². The van der Waals surface area contributed by atoms with Crippen LogP contribution < -0.4 is 10.2 Å². The van der Waals surface area contributed by atoms with E-state index in [1.54, 1.807) is 40.8 Å². The Bertz CT molecular complexity index is 1060. The third-order valence-electron chi connectivity index (χ3n) is 4.58. The Morgan fingerprint density at radius 2 is 1.91 bits per heavy atom. The van der Waals surface area contributed by atoms with Gasteiger partial charge in [0, 0.05) is 24.7 Å². The van der Waals surface area contributed by atoms with Gasteiger partial charge in [0.1, 0.15) is 17.2 Å². The summed E-state index contributed by atoms with van der Waals surface area (Å²) >= 11 is 6.29. The lowest BCUT2D eigenvalue weighted by Gasteiger charge is -2.34. The van der Waals surface area contributed by atoms with Crippen molar-refractivity contribution in [2.45, 2.75) is 65.1 Å². The number of allylic oxidation sites excluding steroid dienone is 1. The van der Waals surface area contributed by atoms with Crippen molar-refractivity contribution in [2.75, 3.05) is 16.8 Å². The lowest BCUT2D eigenvalue weighted by molar-refractivity contribution is 0.0492. The van der Waals surface area contributed by atoms with Gasteiger partial charge in [-0.05, 0) is 46.6 Å². The molecule has 0 fully saturated rings. The lowest BCUT2D eigenvalue weighted by Crippen LogP contribution is -2.47. The van der Waals surface area contributed by atoms with Gasteiger partial charge in [-0.15, -0.1) is 6.58 Å². The zero-order valence-electron chi connectivity index (χ0n) is 20.9. The molecule has 2 amide bonds. The number of carbonyl (C=O) groups is 2. The van der Waals surface area contributed by atoms with Crippen LogP contribution in [0.15, 0.2) is 43.9 Å². The highest BCUT2D eigenvalue weighted by molar-refractivity contribution is 6.33. The molecule has 2 aromatic heterocycles. The van der Waals surface area contributed by atoms with Crippen molar-refractivity contribution >= 4 is 35.6 Å². The number of nitrogens with one attached hydrogen (secondary N) is 1. The highest BCUT2D eigenvalue weighted by Crippen LogP contribution is 2.30. The number of carbonyl (C=O) groups excluding carboxylic acids is 2. The van der Waals surface area contributed by atoms with Crippen molar-refractivity contribution in [1.29, 1.82) is 0 Å². The summed E-state index contributed by atoms with van der Waals surface area (Å²) in [5.41, 5.74) is -0.639. The molecule has 10 nitrogen and oxygen atoms in total. The van der Waals surface area contributed by atoms with E-state index in [0.717, 1.165) is 18.5 Å². The summed E-state index contributed by atoms with van der Waals surface area (Å²) in [5.74, 6) is 0.0120. The second-order valence-corrected chi connectivity index (χ2v) is 9.78. The molecule has 2 heterocycles. The van der Waals surface area contributed by atoms with Gasteiger partial charge in [-0.25, -0.2) is 14.6 Å². The average molecular weight is 505 g/mol. The molecule has 0 spiro atoms. The van der Waals surface area contributed by atoms with Gasteiger partial charge in [-0.3, -0.25) is 14.9 Å². The molecule has 0 aliphatic rings.